The number of imidazole rings is 1. The Morgan fingerprint density at radius 3 is 3.00 bits per heavy atom. The van der Waals surface area contributed by atoms with E-state index >= 15 is 0 Å². The highest BCUT2D eigenvalue weighted by Gasteiger charge is 2.24. The number of aromatic nitrogens is 2. The highest BCUT2D eigenvalue weighted by molar-refractivity contribution is 5.92. The number of piperidine rings is 1. The first-order valence-corrected chi connectivity index (χ1v) is 6.68. The lowest BCUT2D eigenvalue weighted by molar-refractivity contribution is 0.0655. The van der Waals surface area contributed by atoms with Gasteiger partial charge >= 0.3 is 0 Å². The molecular weight excluding hydrogens is 228 g/mol. The molecule has 1 aliphatic rings. The maximum absolute atomic E-state index is 12.4. The zero-order valence-corrected chi connectivity index (χ0v) is 11.1. The van der Waals surface area contributed by atoms with Crippen molar-refractivity contribution in [2.75, 3.05) is 19.6 Å². The molecule has 1 saturated heterocycles. The Hall–Kier alpha value is -1.36. The Morgan fingerprint density at radius 2 is 2.44 bits per heavy atom. The Bertz CT molecular complexity index is 368. The van der Waals surface area contributed by atoms with E-state index < -0.39 is 0 Å². The van der Waals surface area contributed by atoms with E-state index in [0.717, 1.165) is 19.6 Å². The van der Waals surface area contributed by atoms with E-state index in [1.54, 1.807) is 12.5 Å². The molecule has 1 atom stereocenters. The lowest BCUT2D eigenvalue weighted by atomic mass is 9.98. The normalized spacial score (nSPS) is 20.1. The van der Waals surface area contributed by atoms with Crippen LogP contribution in [0.5, 0.6) is 0 Å². The number of rotatable bonds is 4. The van der Waals surface area contributed by atoms with Gasteiger partial charge in [-0.15, -0.1) is 0 Å². The first-order chi connectivity index (χ1) is 8.68. The largest absolute Gasteiger partial charge is 0.341 e. The van der Waals surface area contributed by atoms with E-state index in [-0.39, 0.29) is 11.9 Å². The second-order valence-electron chi connectivity index (χ2n) is 5.23. The summed E-state index contributed by atoms with van der Waals surface area (Å²) < 4.78 is 0. The number of amides is 1. The van der Waals surface area contributed by atoms with E-state index in [1.165, 1.54) is 12.8 Å². The van der Waals surface area contributed by atoms with E-state index in [0.29, 0.717) is 11.6 Å². The van der Waals surface area contributed by atoms with Crippen LogP contribution in [0, 0.1) is 5.92 Å². The van der Waals surface area contributed by atoms with Gasteiger partial charge in [0.05, 0.1) is 12.5 Å². The van der Waals surface area contributed by atoms with Crippen LogP contribution in [0.15, 0.2) is 12.5 Å². The van der Waals surface area contributed by atoms with E-state index in [4.69, 9.17) is 0 Å². The summed E-state index contributed by atoms with van der Waals surface area (Å²) in [4.78, 5) is 21.1. The van der Waals surface area contributed by atoms with Gasteiger partial charge in [0.25, 0.3) is 5.91 Å². The summed E-state index contributed by atoms with van der Waals surface area (Å²) in [5.41, 5.74) is 0.576. The van der Waals surface area contributed by atoms with Crippen molar-refractivity contribution in [1.82, 2.24) is 20.2 Å². The smallest absolute Gasteiger partial charge is 0.272 e. The van der Waals surface area contributed by atoms with Crippen molar-refractivity contribution < 1.29 is 4.79 Å². The molecule has 0 bridgehead atoms. The number of aromatic amines is 1. The fourth-order valence-corrected chi connectivity index (χ4v) is 2.41. The van der Waals surface area contributed by atoms with Crippen LogP contribution in [0.2, 0.25) is 0 Å². The third-order valence-corrected chi connectivity index (χ3v) is 3.47. The summed E-state index contributed by atoms with van der Waals surface area (Å²) >= 11 is 0. The minimum absolute atomic E-state index is 0.0491. The molecule has 2 rings (SSSR count). The molecule has 1 fully saturated rings. The first kappa shape index (κ1) is 13.1. The minimum atomic E-state index is 0.0491. The summed E-state index contributed by atoms with van der Waals surface area (Å²) in [6.45, 7) is 7.06. The number of carbonyl (C=O) groups excluding carboxylic acids is 1. The molecule has 0 spiro atoms. The number of hydrogen-bond donors (Lipinski definition) is 2. The average Bonchev–Trinajstić information content (AvgIpc) is 2.90. The molecule has 1 aromatic heterocycles. The SMILES string of the molecule is CC(C)N(CC1CCCNC1)C(=O)c1cnc[nH]1. The number of H-pyrrole nitrogens is 1. The summed E-state index contributed by atoms with van der Waals surface area (Å²) in [6, 6.07) is 0.211. The van der Waals surface area contributed by atoms with Gasteiger partial charge in [-0.3, -0.25) is 4.79 Å². The van der Waals surface area contributed by atoms with Crippen molar-refractivity contribution in [2.45, 2.75) is 32.7 Å². The van der Waals surface area contributed by atoms with Gasteiger partial charge in [0.2, 0.25) is 0 Å². The van der Waals surface area contributed by atoms with Crippen LogP contribution in [0.25, 0.3) is 0 Å². The van der Waals surface area contributed by atoms with Crippen LogP contribution in [-0.4, -0.2) is 46.5 Å². The van der Waals surface area contributed by atoms with Gasteiger partial charge in [0, 0.05) is 12.6 Å². The minimum Gasteiger partial charge on any atom is -0.341 e. The van der Waals surface area contributed by atoms with Crippen molar-refractivity contribution in [3.05, 3.63) is 18.2 Å². The molecule has 0 aliphatic carbocycles. The van der Waals surface area contributed by atoms with Gasteiger partial charge in [-0.1, -0.05) is 0 Å². The van der Waals surface area contributed by atoms with E-state index in [1.807, 2.05) is 4.90 Å². The predicted molar refractivity (Wildman–Crippen MR) is 70.4 cm³/mol. The summed E-state index contributed by atoms with van der Waals surface area (Å²) in [5, 5.41) is 3.39. The lowest BCUT2D eigenvalue weighted by Crippen LogP contribution is -2.44. The van der Waals surface area contributed by atoms with Crippen LogP contribution in [0.4, 0.5) is 0 Å². The quantitative estimate of drug-likeness (QED) is 0.845. The zero-order chi connectivity index (χ0) is 13.0. The molecule has 1 unspecified atom stereocenters. The number of carbonyl (C=O) groups is 1. The molecule has 5 nitrogen and oxygen atoms in total. The molecule has 18 heavy (non-hydrogen) atoms. The van der Waals surface area contributed by atoms with E-state index in [2.05, 4.69) is 29.1 Å². The van der Waals surface area contributed by atoms with E-state index in [9.17, 15) is 4.79 Å². The van der Waals surface area contributed by atoms with Crippen molar-refractivity contribution in [3.8, 4) is 0 Å². The van der Waals surface area contributed by atoms with Crippen LogP contribution in [0.3, 0.4) is 0 Å². The van der Waals surface area contributed by atoms with Crippen LogP contribution < -0.4 is 5.32 Å². The molecule has 0 radical (unpaired) electrons. The molecule has 5 heteroatoms. The number of nitrogens with one attached hydrogen (secondary N) is 2. The van der Waals surface area contributed by atoms with Gasteiger partial charge in [0.1, 0.15) is 5.69 Å². The second kappa shape index (κ2) is 6.00. The highest BCUT2D eigenvalue weighted by atomic mass is 16.2. The van der Waals surface area contributed by atoms with Crippen molar-refractivity contribution in [3.63, 3.8) is 0 Å². The second-order valence-corrected chi connectivity index (χ2v) is 5.23. The van der Waals surface area contributed by atoms with Crippen LogP contribution >= 0.6 is 0 Å². The molecule has 1 aliphatic heterocycles. The summed E-state index contributed by atoms with van der Waals surface area (Å²) in [7, 11) is 0. The van der Waals surface area contributed by atoms with Crippen molar-refractivity contribution in [1.29, 1.82) is 0 Å². The monoisotopic (exact) mass is 250 g/mol. The fourth-order valence-electron chi connectivity index (χ4n) is 2.41. The maximum atomic E-state index is 12.4. The lowest BCUT2D eigenvalue weighted by Gasteiger charge is -2.32. The Balaban J connectivity index is 2.01. The number of hydrogen-bond acceptors (Lipinski definition) is 3. The van der Waals surface area contributed by atoms with Crippen molar-refractivity contribution >= 4 is 5.91 Å². The molecule has 1 aromatic rings. The van der Waals surface area contributed by atoms with Gasteiger partial charge in [-0.2, -0.15) is 0 Å². The van der Waals surface area contributed by atoms with Crippen LogP contribution in [-0.2, 0) is 0 Å². The Kier molecular flexibility index (Phi) is 4.36. The average molecular weight is 250 g/mol. The molecule has 1 amide bonds. The topological polar surface area (TPSA) is 61.0 Å². The van der Waals surface area contributed by atoms with Gasteiger partial charge in [-0.05, 0) is 45.7 Å². The van der Waals surface area contributed by atoms with Gasteiger partial charge in [0.15, 0.2) is 0 Å². The third-order valence-electron chi connectivity index (χ3n) is 3.47. The summed E-state index contributed by atoms with van der Waals surface area (Å²) in [6.07, 6.45) is 5.55. The number of nitrogens with zero attached hydrogens (tertiary/aromatic N) is 2. The summed E-state index contributed by atoms with van der Waals surface area (Å²) in [5.74, 6) is 0.612. The van der Waals surface area contributed by atoms with Gasteiger partial charge < -0.3 is 15.2 Å². The molecule has 2 N–H and O–H groups in total. The molecule has 100 valence electrons. The maximum Gasteiger partial charge on any atom is 0.272 e. The molecular formula is C13H22N4O. The Labute approximate surface area is 108 Å². The standard InChI is InChI=1S/C13H22N4O/c1-10(2)17(8-11-4-3-5-14-6-11)13(18)12-7-15-9-16-12/h7,9-11,14H,3-6,8H2,1-2H3,(H,15,16). The highest BCUT2D eigenvalue weighted by Crippen LogP contribution is 2.15. The fraction of sp³-hybridized carbons (Fsp3) is 0.692. The van der Waals surface area contributed by atoms with Crippen molar-refractivity contribution in [2.24, 2.45) is 5.92 Å². The first-order valence-electron chi connectivity index (χ1n) is 6.68. The Morgan fingerprint density at radius 1 is 1.61 bits per heavy atom. The third kappa shape index (κ3) is 3.10. The van der Waals surface area contributed by atoms with Crippen LogP contribution in [0.1, 0.15) is 37.2 Å². The molecule has 0 saturated carbocycles. The predicted octanol–water partition coefficient (Wildman–Crippen LogP) is 1.26. The van der Waals surface area contributed by atoms with Gasteiger partial charge in [-0.25, -0.2) is 4.98 Å². The zero-order valence-electron chi connectivity index (χ0n) is 11.1. The molecule has 0 aromatic carbocycles. The molecule has 2 heterocycles.